The smallest absolute Gasteiger partial charge is 0.119 e. The van der Waals surface area contributed by atoms with Gasteiger partial charge in [0.25, 0.3) is 0 Å². The summed E-state index contributed by atoms with van der Waals surface area (Å²) in [6.07, 6.45) is 1.51. The highest BCUT2D eigenvalue weighted by Crippen LogP contribution is 2.22. The zero-order valence-electron chi connectivity index (χ0n) is 11.9. The number of aliphatic carboxylic acids is 2. The maximum atomic E-state index is 10.8. The molecule has 116 valence electrons. The van der Waals surface area contributed by atoms with Crippen molar-refractivity contribution in [1.29, 1.82) is 0 Å². The van der Waals surface area contributed by atoms with Crippen LogP contribution in [0.5, 0.6) is 5.75 Å². The van der Waals surface area contributed by atoms with Crippen molar-refractivity contribution < 1.29 is 24.5 Å². The van der Waals surface area contributed by atoms with E-state index in [9.17, 15) is 19.8 Å². The second kappa shape index (κ2) is 9.28. The number of carbonyl (C=O) groups is 2. The molecule has 0 amide bonds. The molecule has 0 radical (unpaired) electrons. The molecule has 0 aliphatic heterocycles. The summed E-state index contributed by atoms with van der Waals surface area (Å²) in [6.45, 7) is 2.76. The molecule has 6 heteroatoms. The van der Waals surface area contributed by atoms with E-state index in [4.69, 9.17) is 4.74 Å². The van der Waals surface area contributed by atoms with Crippen molar-refractivity contribution in [1.82, 2.24) is 0 Å². The minimum Gasteiger partial charge on any atom is -0.550 e. The van der Waals surface area contributed by atoms with Crippen LogP contribution in [0.1, 0.15) is 31.7 Å². The number of rotatable bonds is 10. The monoisotopic (exact) mass is 310 g/mol. The van der Waals surface area contributed by atoms with E-state index in [0.717, 1.165) is 35.9 Å². The van der Waals surface area contributed by atoms with Crippen LogP contribution in [-0.4, -0.2) is 23.8 Å². The molecule has 0 aliphatic carbocycles. The van der Waals surface area contributed by atoms with Gasteiger partial charge in [-0.15, -0.1) is 11.8 Å². The summed E-state index contributed by atoms with van der Waals surface area (Å²) in [5.41, 5.74) is 0.896. The Kier molecular flexibility index (Phi) is 7.68. The van der Waals surface area contributed by atoms with Crippen molar-refractivity contribution >= 4 is 23.7 Å². The largest absolute Gasteiger partial charge is 0.550 e. The molecular weight excluding hydrogens is 292 g/mol. The summed E-state index contributed by atoms with van der Waals surface area (Å²) in [7, 11) is 0. The molecular formula is C15H18O5S-2. The average Bonchev–Trinajstić information content (AvgIpc) is 2.44. The van der Waals surface area contributed by atoms with E-state index >= 15 is 0 Å². The molecule has 1 rings (SSSR count). The first-order valence-corrected chi connectivity index (χ1v) is 7.81. The highest BCUT2D eigenvalue weighted by atomic mass is 32.2. The highest BCUT2D eigenvalue weighted by molar-refractivity contribution is 7.99. The van der Waals surface area contributed by atoms with Crippen LogP contribution >= 0.6 is 11.8 Å². The van der Waals surface area contributed by atoms with Gasteiger partial charge in [-0.3, -0.25) is 0 Å². The summed E-state index contributed by atoms with van der Waals surface area (Å²) in [5, 5.41) is 20.2. The number of benzene rings is 1. The fourth-order valence-corrected chi connectivity index (χ4v) is 2.55. The van der Waals surface area contributed by atoms with Gasteiger partial charge in [0.2, 0.25) is 0 Å². The van der Waals surface area contributed by atoms with E-state index < -0.39 is 23.6 Å². The van der Waals surface area contributed by atoms with Crippen molar-refractivity contribution in [3.05, 3.63) is 29.8 Å². The summed E-state index contributed by atoms with van der Waals surface area (Å²) >= 11 is 1.01. The van der Waals surface area contributed by atoms with Gasteiger partial charge in [0.1, 0.15) is 5.75 Å². The zero-order valence-corrected chi connectivity index (χ0v) is 12.7. The van der Waals surface area contributed by atoms with Crippen LogP contribution in [0, 0.1) is 0 Å². The maximum absolute atomic E-state index is 10.8. The van der Waals surface area contributed by atoms with E-state index in [2.05, 4.69) is 6.92 Å². The molecule has 0 aliphatic rings. The maximum Gasteiger partial charge on any atom is 0.119 e. The third-order valence-electron chi connectivity index (χ3n) is 2.76. The van der Waals surface area contributed by atoms with Gasteiger partial charge >= 0.3 is 0 Å². The fourth-order valence-electron chi connectivity index (χ4n) is 1.57. The van der Waals surface area contributed by atoms with Crippen LogP contribution in [0.2, 0.25) is 0 Å². The molecule has 1 aromatic carbocycles. The van der Waals surface area contributed by atoms with E-state index in [-0.39, 0.29) is 0 Å². The lowest BCUT2D eigenvalue weighted by Crippen LogP contribution is -2.38. The Bertz CT molecular complexity index is 458. The van der Waals surface area contributed by atoms with Gasteiger partial charge in [0, 0.05) is 23.4 Å². The molecule has 0 bridgehead atoms. The van der Waals surface area contributed by atoms with Crippen molar-refractivity contribution in [2.24, 2.45) is 0 Å². The lowest BCUT2D eigenvalue weighted by molar-refractivity contribution is -0.314. The number of carboxylic acids is 2. The first-order chi connectivity index (χ1) is 10.0. The molecule has 5 nitrogen and oxygen atoms in total. The van der Waals surface area contributed by atoms with Crippen molar-refractivity contribution in [3.63, 3.8) is 0 Å². The first kappa shape index (κ1) is 17.4. The number of hydrogen-bond acceptors (Lipinski definition) is 6. The number of ether oxygens (including phenoxy) is 1. The van der Waals surface area contributed by atoms with Crippen LogP contribution in [-0.2, 0) is 15.3 Å². The Balaban J connectivity index is 2.47. The van der Waals surface area contributed by atoms with Crippen LogP contribution < -0.4 is 14.9 Å². The van der Waals surface area contributed by atoms with E-state index in [1.165, 1.54) is 0 Å². The fraction of sp³-hybridized carbons (Fsp3) is 0.467. The normalized spacial score (nSPS) is 11.9. The number of thioether (sulfide) groups is 1. The Labute approximate surface area is 128 Å². The highest BCUT2D eigenvalue weighted by Gasteiger charge is 2.11. The molecule has 0 saturated carbocycles. The third-order valence-corrected chi connectivity index (χ3v) is 4.02. The predicted octanol–water partition coefficient (Wildman–Crippen LogP) is 0.357. The topological polar surface area (TPSA) is 89.5 Å². The molecule has 1 atom stereocenters. The molecule has 0 N–H and O–H groups in total. The second-order valence-electron chi connectivity index (χ2n) is 4.54. The first-order valence-electron chi connectivity index (χ1n) is 6.77. The van der Waals surface area contributed by atoms with Gasteiger partial charge in [0.15, 0.2) is 0 Å². The van der Waals surface area contributed by atoms with Gasteiger partial charge in [0.05, 0.1) is 12.6 Å². The SMILES string of the molecule is CCCCOc1ccc(CS[C@H](CC(=O)[O-])C(=O)[O-])cc1. The molecule has 0 heterocycles. The van der Waals surface area contributed by atoms with Crippen LogP contribution in [0.25, 0.3) is 0 Å². The molecule has 1 aromatic rings. The van der Waals surface area contributed by atoms with E-state index in [1.54, 1.807) is 0 Å². The Morgan fingerprint density at radius 3 is 2.43 bits per heavy atom. The quantitative estimate of drug-likeness (QED) is 0.580. The van der Waals surface area contributed by atoms with Gasteiger partial charge in [-0.25, -0.2) is 0 Å². The number of carbonyl (C=O) groups excluding carboxylic acids is 2. The molecule has 0 saturated heterocycles. The van der Waals surface area contributed by atoms with Crippen LogP contribution in [0.3, 0.4) is 0 Å². The van der Waals surface area contributed by atoms with Gasteiger partial charge in [-0.05, 0) is 24.1 Å². The van der Waals surface area contributed by atoms with Gasteiger partial charge in [-0.1, -0.05) is 25.5 Å². The summed E-state index contributed by atoms with van der Waals surface area (Å²) in [4.78, 5) is 21.3. The second-order valence-corrected chi connectivity index (χ2v) is 5.73. The van der Waals surface area contributed by atoms with E-state index in [1.807, 2.05) is 24.3 Å². The van der Waals surface area contributed by atoms with Crippen molar-refractivity contribution in [2.75, 3.05) is 6.61 Å². The standard InChI is InChI=1S/C15H20O5S/c1-2-3-8-20-12-6-4-11(5-7-12)10-21-13(15(18)19)9-14(16)17/h4-7,13H,2-3,8-10H2,1H3,(H,16,17)(H,18,19)/p-2/t13-/m1/s1. The lowest BCUT2D eigenvalue weighted by Gasteiger charge is -2.18. The Hall–Kier alpha value is -1.69. The molecule has 0 fully saturated rings. The summed E-state index contributed by atoms with van der Waals surface area (Å²) in [5.74, 6) is -1.62. The van der Waals surface area contributed by atoms with E-state index in [0.29, 0.717) is 12.4 Å². The summed E-state index contributed by atoms with van der Waals surface area (Å²) < 4.78 is 5.52. The van der Waals surface area contributed by atoms with Crippen molar-refractivity contribution in [2.45, 2.75) is 37.2 Å². The molecule has 0 unspecified atom stereocenters. The molecule has 21 heavy (non-hydrogen) atoms. The minimum absolute atomic E-state index is 0.390. The lowest BCUT2D eigenvalue weighted by atomic mass is 10.2. The number of hydrogen-bond donors (Lipinski definition) is 0. The molecule has 0 aromatic heterocycles. The van der Waals surface area contributed by atoms with Gasteiger partial charge in [-0.2, -0.15) is 0 Å². The van der Waals surface area contributed by atoms with Crippen molar-refractivity contribution in [3.8, 4) is 5.75 Å². The third kappa shape index (κ3) is 7.04. The van der Waals surface area contributed by atoms with Gasteiger partial charge < -0.3 is 24.5 Å². The van der Waals surface area contributed by atoms with Crippen LogP contribution in [0.15, 0.2) is 24.3 Å². The average molecular weight is 310 g/mol. The Morgan fingerprint density at radius 1 is 1.24 bits per heavy atom. The number of unbranched alkanes of at least 4 members (excludes halogenated alkanes) is 1. The number of carboxylic acid groups (broad SMARTS) is 2. The minimum atomic E-state index is -1.39. The Morgan fingerprint density at radius 2 is 1.90 bits per heavy atom. The predicted molar refractivity (Wildman–Crippen MR) is 76.6 cm³/mol. The molecule has 0 spiro atoms. The zero-order chi connectivity index (χ0) is 15.7. The van der Waals surface area contributed by atoms with Crippen LogP contribution in [0.4, 0.5) is 0 Å². The summed E-state index contributed by atoms with van der Waals surface area (Å²) in [6, 6.07) is 7.30.